The number of nitrogens with zero attached hydrogens (tertiary/aromatic N) is 1. The van der Waals surface area contributed by atoms with E-state index in [1.807, 2.05) is 5.38 Å². The van der Waals surface area contributed by atoms with Crippen LogP contribution in [-0.2, 0) is 0 Å². The maximum absolute atomic E-state index is 12.1. The molecule has 98 valence electrons. The number of thiazole rings is 1. The van der Waals surface area contributed by atoms with Crippen LogP contribution in [0.5, 0.6) is 0 Å². The quantitative estimate of drug-likeness (QED) is 0.851. The first-order chi connectivity index (χ1) is 9.11. The van der Waals surface area contributed by atoms with Crippen molar-refractivity contribution in [3.8, 4) is 0 Å². The van der Waals surface area contributed by atoms with Crippen LogP contribution in [0.2, 0.25) is 5.02 Å². The van der Waals surface area contributed by atoms with Gasteiger partial charge in [0, 0.05) is 27.6 Å². The van der Waals surface area contributed by atoms with Crippen LogP contribution in [0, 0.1) is 0 Å². The Morgan fingerprint density at radius 1 is 1.42 bits per heavy atom. The Bertz CT molecular complexity index is 616. The molecule has 0 atom stereocenters. The number of anilines is 2. The SMILES string of the molecule is Nc1cc(Cl)cc(C(=O)Nc2nc(C3CC3)cs2)c1. The summed E-state index contributed by atoms with van der Waals surface area (Å²) < 4.78 is 0. The van der Waals surface area contributed by atoms with E-state index in [1.54, 1.807) is 18.2 Å². The Balaban J connectivity index is 1.75. The Hall–Kier alpha value is -1.59. The summed E-state index contributed by atoms with van der Waals surface area (Å²) in [4.78, 5) is 16.5. The number of aromatic nitrogens is 1. The smallest absolute Gasteiger partial charge is 0.257 e. The van der Waals surface area contributed by atoms with Gasteiger partial charge in [-0.05, 0) is 31.0 Å². The predicted octanol–water partition coefficient (Wildman–Crippen LogP) is 3.51. The highest BCUT2D eigenvalue weighted by Crippen LogP contribution is 2.40. The van der Waals surface area contributed by atoms with Crippen molar-refractivity contribution < 1.29 is 4.79 Å². The minimum atomic E-state index is -0.245. The van der Waals surface area contributed by atoms with E-state index in [2.05, 4.69) is 10.3 Å². The Labute approximate surface area is 119 Å². The van der Waals surface area contributed by atoms with Gasteiger partial charge in [0.1, 0.15) is 0 Å². The van der Waals surface area contributed by atoms with Crippen LogP contribution < -0.4 is 11.1 Å². The standard InChI is InChI=1S/C13H12ClN3OS/c14-9-3-8(4-10(15)5-9)12(18)17-13-16-11(6-19-13)7-1-2-7/h3-7H,1-2,15H2,(H,16,17,18). The Morgan fingerprint density at radius 2 is 2.21 bits per heavy atom. The molecule has 4 nitrogen and oxygen atoms in total. The second-order valence-corrected chi connectivity index (χ2v) is 5.87. The number of hydrogen-bond donors (Lipinski definition) is 2. The minimum absolute atomic E-state index is 0.245. The molecular formula is C13H12ClN3OS. The lowest BCUT2D eigenvalue weighted by Crippen LogP contribution is -2.12. The number of benzene rings is 1. The molecule has 19 heavy (non-hydrogen) atoms. The van der Waals surface area contributed by atoms with Gasteiger partial charge in [-0.2, -0.15) is 0 Å². The van der Waals surface area contributed by atoms with Gasteiger partial charge in [0.05, 0.1) is 5.69 Å². The first-order valence-electron chi connectivity index (χ1n) is 5.94. The fourth-order valence-electron chi connectivity index (χ4n) is 1.82. The molecule has 0 bridgehead atoms. The summed E-state index contributed by atoms with van der Waals surface area (Å²) >= 11 is 7.32. The van der Waals surface area contributed by atoms with Crippen LogP contribution in [0.25, 0.3) is 0 Å². The third-order valence-electron chi connectivity index (χ3n) is 2.92. The summed E-state index contributed by atoms with van der Waals surface area (Å²) in [6.07, 6.45) is 2.39. The molecule has 0 saturated heterocycles. The molecule has 1 heterocycles. The topological polar surface area (TPSA) is 68.0 Å². The summed E-state index contributed by atoms with van der Waals surface area (Å²) in [5, 5.41) is 5.83. The van der Waals surface area contributed by atoms with Gasteiger partial charge in [0.2, 0.25) is 0 Å². The maximum atomic E-state index is 12.1. The second-order valence-electron chi connectivity index (χ2n) is 4.58. The van der Waals surface area contributed by atoms with Gasteiger partial charge in [0.15, 0.2) is 5.13 Å². The molecule has 3 rings (SSSR count). The van der Waals surface area contributed by atoms with E-state index in [9.17, 15) is 4.79 Å². The fourth-order valence-corrected chi connectivity index (χ4v) is 2.85. The molecule has 1 saturated carbocycles. The van der Waals surface area contributed by atoms with E-state index in [4.69, 9.17) is 17.3 Å². The number of hydrogen-bond acceptors (Lipinski definition) is 4. The number of halogens is 1. The van der Waals surface area contributed by atoms with Crippen LogP contribution in [-0.4, -0.2) is 10.9 Å². The van der Waals surface area contributed by atoms with Crippen LogP contribution >= 0.6 is 22.9 Å². The third kappa shape index (κ3) is 2.88. The summed E-state index contributed by atoms with van der Waals surface area (Å²) in [6, 6.07) is 4.78. The number of nitrogens with two attached hydrogens (primary N) is 1. The van der Waals surface area contributed by atoms with Crippen molar-refractivity contribution in [2.45, 2.75) is 18.8 Å². The molecule has 1 aromatic carbocycles. The van der Waals surface area contributed by atoms with E-state index >= 15 is 0 Å². The average molecular weight is 294 g/mol. The molecule has 1 aliphatic carbocycles. The summed E-state index contributed by atoms with van der Waals surface area (Å²) in [6.45, 7) is 0. The van der Waals surface area contributed by atoms with Gasteiger partial charge in [-0.15, -0.1) is 11.3 Å². The zero-order chi connectivity index (χ0) is 13.4. The number of nitrogen functional groups attached to an aromatic ring is 1. The van der Waals surface area contributed by atoms with Crippen LogP contribution in [0.4, 0.5) is 10.8 Å². The number of carbonyl (C=O) groups is 1. The monoisotopic (exact) mass is 293 g/mol. The van der Waals surface area contributed by atoms with E-state index in [0.717, 1.165) is 5.69 Å². The Morgan fingerprint density at radius 3 is 2.89 bits per heavy atom. The molecular weight excluding hydrogens is 282 g/mol. The number of amides is 1. The molecule has 1 amide bonds. The van der Waals surface area contributed by atoms with E-state index in [-0.39, 0.29) is 5.91 Å². The molecule has 1 aliphatic rings. The zero-order valence-electron chi connectivity index (χ0n) is 10.0. The van der Waals surface area contributed by atoms with Crippen molar-refractivity contribution in [2.24, 2.45) is 0 Å². The van der Waals surface area contributed by atoms with Crippen LogP contribution in [0.3, 0.4) is 0 Å². The van der Waals surface area contributed by atoms with Gasteiger partial charge in [-0.1, -0.05) is 11.6 Å². The average Bonchev–Trinajstić information content (AvgIpc) is 3.09. The van der Waals surface area contributed by atoms with E-state index in [1.165, 1.54) is 24.2 Å². The lowest BCUT2D eigenvalue weighted by molar-refractivity contribution is 0.102. The van der Waals surface area contributed by atoms with Crippen LogP contribution in [0.15, 0.2) is 23.6 Å². The zero-order valence-corrected chi connectivity index (χ0v) is 11.6. The first kappa shape index (κ1) is 12.4. The molecule has 2 aromatic rings. The minimum Gasteiger partial charge on any atom is -0.399 e. The van der Waals surface area contributed by atoms with Crippen LogP contribution in [0.1, 0.15) is 34.8 Å². The molecule has 1 aromatic heterocycles. The maximum Gasteiger partial charge on any atom is 0.257 e. The van der Waals surface area contributed by atoms with Gasteiger partial charge in [-0.25, -0.2) is 4.98 Å². The normalized spacial score (nSPS) is 14.4. The predicted molar refractivity (Wildman–Crippen MR) is 77.9 cm³/mol. The lowest BCUT2D eigenvalue weighted by Gasteiger charge is -2.03. The molecule has 0 unspecified atom stereocenters. The third-order valence-corrected chi connectivity index (χ3v) is 3.91. The molecule has 0 aliphatic heterocycles. The van der Waals surface area contributed by atoms with E-state index in [0.29, 0.717) is 27.3 Å². The number of carbonyl (C=O) groups excluding carboxylic acids is 1. The van der Waals surface area contributed by atoms with Crippen molar-refractivity contribution in [1.82, 2.24) is 4.98 Å². The molecule has 3 N–H and O–H groups in total. The summed E-state index contributed by atoms with van der Waals surface area (Å²) in [5.41, 5.74) is 7.65. The van der Waals surface area contributed by atoms with Crippen molar-refractivity contribution in [3.63, 3.8) is 0 Å². The summed E-state index contributed by atoms with van der Waals surface area (Å²) in [5.74, 6) is 0.342. The van der Waals surface area contributed by atoms with Gasteiger partial charge >= 0.3 is 0 Å². The molecule has 0 spiro atoms. The highest BCUT2D eigenvalue weighted by Gasteiger charge is 2.26. The number of rotatable bonds is 3. The van der Waals surface area contributed by atoms with E-state index < -0.39 is 0 Å². The van der Waals surface area contributed by atoms with Crippen molar-refractivity contribution in [2.75, 3.05) is 11.1 Å². The second kappa shape index (κ2) is 4.83. The van der Waals surface area contributed by atoms with Crippen molar-refractivity contribution in [3.05, 3.63) is 39.9 Å². The van der Waals surface area contributed by atoms with Gasteiger partial charge in [0.25, 0.3) is 5.91 Å². The molecule has 6 heteroatoms. The van der Waals surface area contributed by atoms with Gasteiger partial charge < -0.3 is 5.73 Å². The fraction of sp³-hybridized carbons (Fsp3) is 0.231. The highest BCUT2D eigenvalue weighted by atomic mass is 35.5. The number of nitrogens with one attached hydrogen (secondary N) is 1. The van der Waals surface area contributed by atoms with Crippen molar-refractivity contribution in [1.29, 1.82) is 0 Å². The van der Waals surface area contributed by atoms with Gasteiger partial charge in [-0.3, -0.25) is 10.1 Å². The summed E-state index contributed by atoms with van der Waals surface area (Å²) in [7, 11) is 0. The Kier molecular flexibility index (Phi) is 3.16. The largest absolute Gasteiger partial charge is 0.399 e. The molecule has 1 fully saturated rings. The lowest BCUT2D eigenvalue weighted by atomic mass is 10.2. The first-order valence-corrected chi connectivity index (χ1v) is 7.20. The van der Waals surface area contributed by atoms with Crippen molar-refractivity contribution >= 4 is 39.7 Å². The highest BCUT2D eigenvalue weighted by molar-refractivity contribution is 7.14. The molecule has 0 radical (unpaired) electrons.